The number of nitrogens with zero attached hydrogens (tertiary/aromatic N) is 1. The van der Waals surface area contributed by atoms with Crippen molar-refractivity contribution in [2.45, 2.75) is 30.7 Å². The molecule has 1 saturated heterocycles. The summed E-state index contributed by atoms with van der Waals surface area (Å²) in [5.74, 6) is 1.12. The van der Waals surface area contributed by atoms with Crippen LogP contribution >= 0.6 is 0 Å². The van der Waals surface area contributed by atoms with Gasteiger partial charge < -0.3 is 14.5 Å². The van der Waals surface area contributed by atoms with E-state index in [1.54, 1.807) is 42.7 Å². The molecule has 1 amide bonds. The smallest absolute Gasteiger partial charge is 0.261 e. The van der Waals surface area contributed by atoms with Gasteiger partial charge in [0.1, 0.15) is 11.5 Å². The van der Waals surface area contributed by atoms with Crippen molar-refractivity contribution in [3.63, 3.8) is 0 Å². The van der Waals surface area contributed by atoms with Crippen molar-refractivity contribution >= 4 is 21.6 Å². The van der Waals surface area contributed by atoms with Crippen LogP contribution in [0.15, 0.2) is 76.2 Å². The Morgan fingerprint density at radius 2 is 1.85 bits per heavy atom. The van der Waals surface area contributed by atoms with E-state index in [-0.39, 0.29) is 22.4 Å². The minimum atomic E-state index is -3.87. The molecule has 3 aromatic rings. The van der Waals surface area contributed by atoms with E-state index in [0.29, 0.717) is 24.6 Å². The number of amides is 1. The second kappa shape index (κ2) is 10.8. The molecule has 0 bridgehead atoms. The first-order valence-electron chi connectivity index (χ1n) is 11.4. The number of ether oxygens (including phenoxy) is 1. The lowest BCUT2D eigenvalue weighted by Gasteiger charge is -2.26. The third-order valence-electron chi connectivity index (χ3n) is 5.73. The average molecular weight is 484 g/mol. The average Bonchev–Trinajstić information content (AvgIpc) is 3.56. The summed E-state index contributed by atoms with van der Waals surface area (Å²) >= 11 is 0. The second-order valence-electron chi connectivity index (χ2n) is 8.08. The first-order valence-corrected chi connectivity index (χ1v) is 12.9. The molecule has 0 saturated carbocycles. The van der Waals surface area contributed by atoms with Gasteiger partial charge in [-0.05, 0) is 87.5 Å². The van der Waals surface area contributed by atoms with Crippen molar-refractivity contribution in [1.82, 2.24) is 10.2 Å². The summed E-state index contributed by atoms with van der Waals surface area (Å²) in [6.07, 6.45) is 3.87. The number of carbonyl (C=O) groups excluding carboxylic acids is 1. The number of nitrogens with one attached hydrogen (secondary N) is 2. The van der Waals surface area contributed by atoms with Gasteiger partial charge >= 0.3 is 0 Å². The van der Waals surface area contributed by atoms with Crippen LogP contribution in [-0.4, -0.2) is 45.5 Å². The van der Waals surface area contributed by atoms with E-state index in [0.717, 1.165) is 31.7 Å². The monoisotopic (exact) mass is 483 g/mol. The maximum Gasteiger partial charge on any atom is 0.261 e. The van der Waals surface area contributed by atoms with Crippen LogP contribution in [-0.2, 0) is 10.0 Å². The van der Waals surface area contributed by atoms with Gasteiger partial charge in [-0.2, -0.15) is 0 Å². The van der Waals surface area contributed by atoms with E-state index < -0.39 is 10.0 Å². The zero-order valence-electron chi connectivity index (χ0n) is 19.1. The fraction of sp³-hybridized carbons (Fsp3) is 0.320. The summed E-state index contributed by atoms with van der Waals surface area (Å²) in [6.45, 7) is 4.68. The summed E-state index contributed by atoms with van der Waals surface area (Å²) < 4.78 is 39.3. The largest absolute Gasteiger partial charge is 0.494 e. The standard InChI is InChI=1S/C25H29N3O5S/c1-2-32-21-12-10-20(11-13-21)27-34(30,31)22-8-5-7-19(17-22)25(29)26-18-23(24-9-6-16-33-24)28-14-3-4-15-28/h5-13,16-17,23,27H,2-4,14-15,18H2,1H3,(H,26,29). The quantitative estimate of drug-likeness (QED) is 0.451. The Morgan fingerprint density at radius 1 is 1.09 bits per heavy atom. The molecule has 0 aliphatic carbocycles. The lowest BCUT2D eigenvalue weighted by molar-refractivity contribution is 0.0933. The SMILES string of the molecule is CCOc1ccc(NS(=O)(=O)c2cccc(C(=O)NCC(c3ccco3)N3CCCC3)c2)cc1. The van der Waals surface area contributed by atoms with Crippen LogP contribution in [0.3, 0.4) is 0 Å². The number of furan rings is 1. The number of sulfonamides is 1. The zero-order valence-corrected chi connectivity index (χ0v) is 19.9. The highest BCUT2D eigenvalue weighted by atomic mass is 32.2. The van der Waals surface area contributed by atoms with Crippen LogP contribution in [0.2, 0.25) is 0 Å². The minimum absolute atomic E-state index is 0.0103. The van der Waals surface area contributed by atoms with Crippen molar-refractivity contribution in [2.24, 2.45) is 0 Å². The van der Waals surface area contributed by atoms with Crippen molar-refractivity contribution < 1.29 is 22.4 Å². The third-order valence-corrected chi connectivity index (χ3v) is 7.11. The molecule has 2 aromatic carbocycles. The van der Waals surface area contributed by atoms with Gasteiger partial charge in [0.25, 0.3) is 15.9 Å². The minimum Gasteiger partial charge on any atom is -0.494 e. The summed E-state index contributed by atoms with van der Waals surface area (Å²) in [4.78, 5) is 15.2. The maximum atomic E-state index is 12.9. The molecule has 1 unspecified atom stereocenters. The molecular formula is C25H29N3O5S. The summed E-state index contributed by atoms with van der Waals surface area (Å²) in [7, 11) is -3.87. The molecule has 1 aliphatic heterocycles. The van der Waals surface area contributed by atoms with Crippen molar-refractivity contribution in [2.75, 3.05) is 31.0 Å². The van der Waals surface area contributed by atoms with Gasteiger partial charge in [0, 0.05) is 17.8 Å². The van der Waals surface area contributed by atoms with Crippen LogP contribution < -0.4 is 14.8 Å². The molecule has 4 rings (SSSR count). The number of rotatable bonds is 10. The van der Waals surface area contributed by atoms with E-state index in [1.807, 2.05) is 19.1 Å². The number of anilines is 1. The van der Waals surface area contributed by atoms with Gasteiger partial charge in [-0.3, -0.25) is 14.4 Å². The Bertz CT molecular complexity index is 1190. The number of carbonyl (C=O) groups is 1. The first kappa shape index (κ1) is 23.8. The van der Waals surface area contributed by atoms with Gasteiger partial charge in [-0.15, -0.1) is 0 Å². The second-order valence-corrected chi connectivity index (χ2v) is 9.76. The summed E-state index contributed by atoms with van der Waals surface area (Å²) in [6, 6.07) is 16.3. The van der Waals surface area contributed by atoms with E-state index in [9.17, 15) is 13.2 Å². The number of hydrogen-bond acceptors (Lipinski definition) is 6. The summed E-state index contributed by atoms with van der Waals surface area (Å²) in [5, 5.41) is 2.94. The van der Waals surface area contributed by atoms with Gasteiger partial charge in [-0.25, -0.2) is 8.42 Å². The Hall–Kier alpha value is -3.30. The molecule has 0 radical (unpaired) electrons. The molecule has 9 heteroatoms. The number of hydrogen-bond donors (Lipinski definition) is 2. The lowest BCUT2D eigenvalue weighted by Crippen LogP contribution is -2.36. The van der Waals surface area contributed by atoms with Crippen molar-refractivity contribution in [3.05, 3.63) is 78.3 Å². The predicted octanol–water partition coefficient (Wildman–Crippen LogP) is 4.05. The number of likely N-dealkylation sites (tertiary alicyclic amines) is 1. The van der Waals surface area contributed by atoms with Crippen LogP contribution in [0.1, 0.15) is 41.9 Å². The molecule has 0 spiro atoms. The van der Waals surface area contributed by atoms with Crippen molar-refractivity contribution in [1.29, 1.82) is 0 Å². The predicted molar refractivity (Wildman–Crippen MR) is 129 cm³/mol. The Morgan fingerprint density at radius 3 is 2.53 bits per heavy atom. The highest BCUT2D eigenvalue weighted by molar-refractivity contribution is 7.92. The van der Waals surface area contributed by atoms with Crippen LogP contribution in [0.4, 0.5) is 5.69 Å². The van der Waals surface area contributed by atoms with Gasteiger partial charge in [-0.1, -0.05) is 6.07 Å². The van der Waals surface area contributed by atoms with E-state index in [2.05, 4.69) is 14.9 Å². The Balaban J connectivity index is 1.44. The molecule has 8 nitrogen and oxygen atoms in total. The fourth-order valence-corrected chi connectivity index (χ4v) is 5.14. The van der Waals surface area contributed by atoms with Gasteiger partial charge in [0.2, 0.25) is 0 Å². The Labute approximate surface area is 200 Å². The molecule has 1 atom stereocenters. The van der Waals surface area contributed by atoms with Crippen molar-refractivity contribution in [3.8, 4) is 5.75 Å². The highest BCUT2D eigenvalue weighted by Crippen LogP contribution is 2.25. The fourth-order valence-electron chi connectivity index (χ4n) is 4.04. The lowest BCUT2D eigenvalue weighted by atomic mass is 10.1. The van der Waals surface area contributed by atoms with E-state index >= 15 is 0 Å². The van der Waals surface area contributed by atoms with Gasteiger partial charge in [0.15, 0.2) is 0 Å². The molecular weight excluding hydrogens is 454 g/mol. The molecule has 180 valence electrons. The maximum absolute atomic E-state index is 12.9. The normalized spacial score (nSPS) is 15.1. The number of benzene rings is 2. The zero-order chi connectivity index (χ0) is 24.0. The molecule has 2 heterocycles. The van der Waals surface area contributed by atoms with Crippen LogP contribution in [0, 0.1) is 0 Å². The molecule has 34 heavy (non-hydrogen) atoms. The first-order chi connectivity index (χ1) is 16.5. The molecule has 1 aliphatic rings. The summed E-state index contributed by atoms with van der Waals surface area (Å²) in [5.41, 5.74) is 0.680. The Kier molecular flexibility index (Phi) is 7.54. The van der Waals surface area contributed by atoms with Crippen LogP contribution in [0.5, 0.6) is 5.75 Å². The van der Waals surface area contributed by atoms with E-state index in [1.165, 1.54) is 12.1 Å². The molecule has 2 N–H and O–H groups in total. The van der Waals surface area contributed by atoms with Crippen LogP contribution in [0.25, 0.3) is 0 Å². The molecule has 1 aromatic heterocycles. The van der Waals surface area contributed by atoms with E-state index in [4.69, 9.17) is 9.15 Å². The topological polar surface area (TPSA) is 101 Å². The highest BCUT2D eigenvalue weighted by Gasteiger charge is 2.26. The molecule has 1 fully saturated rings. The van der Waals surface area contributed by atoms with Gasteiger partial charge in [0.05, 0.1) is 23.8 Å². The third kappa shape index (κ3) is 5.78.